The van der Waals surface area contributed by atoms with E-state index in [1.165, 1.54) is 44.9 Å². The minimum absolute atomic E-state index is 0.230. The molecule has 34 heavy (non-hydrogen) atoms. The Morgan fingerprint density at radius 1 is 0.941 bits per heavy atom. The van der Waals surface area contributed by atoms with Gasteiger partial charge in [0.2, 0.25) is 0 Å². The number of nitrogens with one attached hydrogen (secondary N) is 2. The third kappa shape index (κ3) is 5.10. The zero-order valence-electron chi connectivity index (χ0n) is 22.3. The highest BCUT2D eigenvalue weighted by Gasteiger charge is 2.63. The molecule has 0 aromatic carbocycles. The molecule has 0 aromatic rings. The highest BCUT2D eigenvalue weighted by atomic mass is 19.1. The number of hydrogen-bond acceptors (Lipinski definition) is 4. The molecule has 4 rings (SSSR count). The van der Waals surface area contributed by atoms with Gasteiger partial charge in [0.05, 0.1) is 0 Å². The fourth-order valence-electron chi connectivity index (χ4n) is 9.50. The lowest BCUT2D eigenvalue weighted by molar-refractivity contribution is -0.149. The van der Waals surface area contributed by atoms with E-state index in [9.17, 15) is 5.11 Å². The Kier molecular flexibility index (Phi) is 9.03. The maximum Gasteiger partial charge on any atom is 0.104 e. The number of nitrogens with two attached hydrogens (primary N) is 1. The number of halogens is 1. The number of alkyl halides is 1. The van der Waals surface area contributed by atoms with Gasteiger partial charge in [0.15, 0.2) is 0 Å². The molecule has 198 valence electrons. The third-order valence-electron chi connectivity index (χ3n) is 11.5. The number of unbranched alkanes of at least 4 members (excludes halogenated alkanes) is 1. The van der Waals surface area contributed by atoms with E-state index in [4.69, 9.17) is 5.73 Å². The molecule has 4 aliphatic rings. The van der Waals surface area contributed by atoms with Crippen molar-refractivity contribution in [2.24, 2.45) is 52.1 Å². The number of hydrogen-bond donors (Lipinski definition) is 4. The molecule has 0 bridgehead atoms. The molecule has 4 saturated carbocycles. The van der Waals surface area contributed by atoms with Gasteiger partial charge in [-0.25, -0.2) is 4.39 Å². The molecule has 0 heterocycles. The summed E-state index contributed by atoms with van der Waals surface area (Å²) < 4.78 is 16.0. The number of aliphatic hydroxyl groups excluding tert-OH is 1. The van der Waals surface area contributed by atoms with Crippen LogP contribution in [0.5, 0.6) is 0 Å². The Labute approximate surface area is 208 Å². The van der Waals surface area contributed by atoms with Crippen LogP contribution in [0.4, 0.5) is 4.39 Å². The zero-order valence-corrected chi connectivity index (χ0v) is 22.3. The van der Waals surface area contributed by atoms with Crippen molar-refractivity contribution in [1.82, 2.24) is 10.6 Å². The summed E-state index contributed by atoms with van der Waals surface area (Å²) in [6.07, 6.45) is 12.1. The van der Waals surface area contributed by atoms with Crippen LogP contribution >= 0.6 is 0 Å². The van der Waals surface area contributed by atoms with E-state index < -0.39 is 6.17 Å². The van der Waals surface area contributed by atoms with Crippen molar-refractivity contribution in [3.63, 3.8) is 0 Å². The second-order valence-corrected chi connectivity index (χ2v) is 13.2. The van der Waals surface area contributed by atoms with Gasteiger partial charge >= 0.3 is 0 Å². The Morgan fingerprint density at radius 2 is 1.68 bits per heavy atom. The standard InChI is InChI=1S/C29H54FN3O/c1-20(19-34)23-7-8-24-27-25(10-12-29(23,24)3)28(2)11-9-22(17-21(28)18-26(27)30)33-16-6-15-32-14-5-4-13-31/h20-27,32-34H,4-19,31H2,1-3H3/t20-,21-,22+,23-,24+,25+,26+,27+,28+,29-/m1/s1. The normalized spacial score (nSPS) is 44.8. The molecule has 0 aliphatic heterocycles. The second-order valence-electron chi connectivity index (χ2n) is 13.2. The van der Waals surface area contributed by atoms with E-state index in [1.807, 2.05) is 0 Å². The minimum atomic E-state index is -0.632. The largest absolute Gasteiger partial charge is 0.396 e. The van der Waals surface area contributed by atoms with Gasteiger partial charge in [-0.2, -0.15) is 0 Å². The van der Waals surface area contributed by atoms with Gasteiger partial charge in [0.1, 0.15) is 6.17 Å². The third-order valence-corrected chi connectivity index (χ3v) is 11.5. The van der Waals surface area contributed by atoms with Crippen LogP contribution in [0.25, 0.3) is 0 Å². The van der Waals surface area contributed by atoms with E-state index >= 15 is 4.39 Å². The van der Waals surface area contributed by atoms with E-state index in [1.54, 1.807) is 0 Å². The van der Waals surface area contributed by atoms with Crippen molar-refractivity contribution in [2.45, 2.75) is 104 Å². The average Bonchev–Trinajstić information content (AvgIpc) is 3.18. The first-order valence-corrected chi connectivity index (χ1v) is 14.7. The Balaban J connectivity index is 1.31. The fraction of sp³-hybridized carbons (Fsp3) is 1.00. The quantitative estimate of drug-likeness (QED) is 0.318. The summed E-state index contributed by atoms with van der Waals surface area (Å²) in [6.45, 7) is 11.5. The second kappa shape index (κ2) is 11.4. The monoisotopic (exact) mass is 479 g/mol. The maximum atomic E-state index is 16.0. The highest BCUT2D eigenvalue weighted by molar-refractivity contribution is 5.12. The molecular formula is C29H54FN3O. The average molecular weight is 480 g/mol. The SMILES string of the molecule is C[C@H](CO)[C@H]1CC[C@H]2[C@@H]3[C@@H](F)C[C@H]4C[C@@H](NCCCNCCCCN)CC[C@]4(C)[C@H]3CC[C@]12C. The van der Waals surface area contributed by atoms with Gasteiger partial charge in [-0.05, 0) is 143 Å². The predicted molar refractivity (Wildman–Crippen MR) is 139 cm³/mol. The molecule has 0 radical (unpaired) electrons. The van der Waals surface area contributed by atoms with Crippen LogP contribution in [-0.2, 0) is 0 Å². The van der Waals surface area contributed by atoms with Gasteiger partial charge in [0, 0.05) is 12.6 Å². The minimum Gasteiger partial charge on any atom is -0.396 e. The molecule has 4 fully saturated rings. The first kappa shape index (κ1) is 26.8. The van der Waals surface area contributed by atoms with Crippen LogP contribution < -0.4 is 16.4 Å². The maximum absolute atomic E-state index is 16.0. The van der Waals surface area contributed by atoms with Gasteiger partial charge < -0.3 is 21.5 Å². The summed E-state index contributed by atoms with van der Waals surface area (Å²) in [6, 6.07) is 0.564. The summed E-state index contributed by atoms with van der Waals surface area (Å²) in [5, 5.41) is 17.2. The van der Waals surface area contributed by atoms with Crippen molar-refractivity contribution in [3.05, 3.63) is 0 Å². The molecule has 5 N–H and O–H groups in total. The lowest BCUT2D eigenvalue weighted by Gasteiger charge is -2.62. The molecule has 0 amide bonds. The molecule has 4 nitrogen and oxygen atoms in total. The zero-order chi connectivity index (χ0) is 24.3. The van der Waals surface area contributed by atoms with Crippen molar-refractivity contribution in [3.8, 4) is 0 Å². The Bertz CT molecular complexity index is 649. The number of rotatable bonds is 11. The molecule has 5 heteroatoms. The first-order chi connectivity index (χ1) is 16.3. The first-order valence-electron chi connectivity index (χ1n) is 14.7. The molecule has 0 saturated heterocycles. The Hall–Kier alpha value is -0.230. The van der Waals surface area contributed by atoms with Crippen LogP contribution in [0.2, 0.25) is 0 Å². The summed E-state index contributed by atoms with van der Waals surface area (Å²) in [4.78, 5) is 0. The van der Waals surface area contributed by atoms with Gasteiger partial charge in [-0.15, -0.1) is 0 Å². The van der Waals surface area contributed by atoms with E-state index in [2.05, 4.69) is 31.4 Å². The van der Waals surface area contributed by atoms with Gasteiger partial charge in [-0.1, -0.05) is 20.8 Å². The number of aliphatic hydroxyl groups is 1. The van der Waals surface area contributed by atoms with Crippen LogP contribution in [0.15, 0.2) is 0 Å². The van der Waals surface area contributed by atoms with Gasteiger partial charge in [-0.3, -0.25) is 0 Å². The summed E-state index contributed by atoms with van der Waals surface area (Å²) in [7, 11) is 0. The van der Waals surface area contributed by atoms with E-state index in [0.717, 1.165) is 51.9 Å². The van der Waals surface area contributed by atoms with Crippen molar-refractivity contribution in [2.75, 3.05) is 32.8 Å². The van der Waals surface area contributed by atoms with Crippen LogP contribution in [0, 0.1) is 46.3 Å². The molecule has 0 unspecified atom stereocenters. The van der Waals surface area contributed by atoms with Crippen molar-refractivity contribution < 1.29 is 9.50 Å². The smallest absolute Gasteiger partial charge is 0.104 e. The van der Waals surface area contributed by atoms with Crippen molar-refractivity contribution in [1.29, 1.82) is 0 Å². The van der Waals surface area contributed by atoms with Crippen molar-refractivity contribution >= 4 is 0 Å². The predicted octanol–water partition coefficient (Wildman–Crippen LogP) is 4.90. The highest BCUT2D eigenvalue weighted by Crippen LogP contribution is 2.68. The fourth-order valence-corrected chi connectivity index (χ4v) is 9.50. The summed E-state index contributed by atoms with van der Waals surface area (Å²) >= 11 is 0. The lowest BCUT2D eigenvalue weighted by Crippen LogP contribution is -2.58. The lowest BCUT2D eigenvalue weighted by atomic mass is 9.44. The Morgan fingerprint density at radius 3 is 2.44 bits per heavy atom. The molecule has 0 spiro atoms. The van der Waals surface area contributed by atoms with Crippen LogP contribution in [-0.4, -0.2) is 50.1 Å². The summed E-state index contributed by atoms with van der Waals surface area (Å²) in [5.41, 5.74) is 6.10. The molecule has 10 atom stereocenters. The number of fused-ring (bicyclic) bond motifs is 5. The van der Waals surface area contributed by atoms with Crippen LogP contribution in [0.1, 0.15) is 91.4 Å². The van der Waals surface area contributed by atoms with Crippen LogP contribution in [0.3, 0.4) is 0 Å². The molecular weight excluding hydrogens is 425 g/mol. The molecule has 0 aromatic heterocycles. The topological polar surface area (TPSA) is 70.3 Å². The van der Waals surface area contributed by atoms with Gasteiger partial charge in [0.25, 0.3) is 0 Å². The summed E-state index contributed by atoms with van der Waals surface area (Å²) in [5.74, 6) is 2.77. The van der Waals surface area contributed by atoms with E-state index in [0.29, 0.717) is 41.0 Å². The molecule has 4 aliphatic carbocycles. The van der Waals surface area contributed by atoms with E-state index in [-0.39, 0.29) is 17.9 Å².